The van der Waals surface area contributed by atoms with Gasteiger partial charge in [0.25, 0.3) is 0 Å². The molecule has 0 bridgehead atoms. The fourth-order valence-corrected chi connectivity index (χ4v) is 2.39. The van der Waals surface area contributed by atoms with Gasteiger partial charge >= 0.3 is 5.97 Å². The Morgan fingerprint density at radius 2 is 2.06 bits per heavy atom. The van der Waals surface area contributed by atoms with Crippen LogP contribution >= 0.6 is 11.8 Å². The van der Waals surface area contributed by atoms with Gasteiger partial charge in [-0.25, -0.2) is 0 Å². The SMILES string of the molecule is N[C@@H](CS[C@@H]1O[C@H](CO)[C@@H](O)[C@H]1O)C(=O)O. The molecule has 1 aliphatic heterocycles. The van der Waals surface area contributed by atoms with Crippen molar-refractivity contribution in [3.63, 3.8) is 0 Å². The van der Waals surface area contributed by atoms with Crippen molar-refractivity contribution < 1.29 is 30.0 Å². The largest absolute Gasteiger partial charge is 0.480 e. The number of aliphatic hydroxyl groups is 3. The first-order chi connectivity index (χ1) is 7.47. The highest BCUT2D eigenvalue weighted by molar-refractivity contribution is 7.99. The summed E-state index contributed by atoms with van der Waals surface area (Å²) < 4.78 is 5.13. The molecular weight excluding hydrogens is 238 g/mol. The number of hydrogen-bond acceptors (Lipinski definition) is 7. The molecule has 6 N–H and O–H groups in total. The summed E-state index contributed by atoms with van der Waals surface area (Å²) in [6, 6.07) is -1.05. The number of carboxylic acids is 1. The molecule has 1 heterocycles. The Labute approximate surface area is 96.2 Å². The zero-order valence-electron chi connectivity index (χ0n) is 8.39. The Hall–Kier alpha value is -0.380. The van der Waals surface area contributed by atoms with Crippen LogP contribution in [-0.4, -0.2) is 68.5 Å². The maximum atomic E-state index is 10.4. The van der Waals surface area contributed by atoms with Gasteiger partial charge < -0.3 is 30.9 Å². The van der Waals surface area contributed by atoms with Crippen LogP contribution in [-0.2, 0) is 9.53 Å². The molecule has 0 aromatic carbocycles. The highest BCUT2D eigenvalue weighted by atomic mass is 32.2. The second-order valence-electron chi connectivity index (χ2n) is 3.48. The molecule has 0 spiro atoms. The van der Waals surface area contributed by atoms with Gasteiger partial charge in [-0.15, -0.1) is 11.8 Å². The molecule has 0 amide bonds. The number of aliphatic hydroxyl groups excluding tert-OH is 3. The normalized spacial score (nSPS) is 36.2. The molecule has 1 saturated heterocycles. The number of hydrogen-bond donors (Lipinski definition) is 5. The number of thioether (sulfide) groups is 1. The third-order valence-corrected chi connectivity index (χ3v) is 3.53. The average Bonchev–Trinajstić information content (AvgIpc) is 2.52. The third-order valence-electron chi connectivity index (χ3n) is 2.26. The van der Waals surface area contributed by atoms with Crippen molar-refractivity contribution in [2.24, 2.45) is 5.73 Å². The second-order valence-corrected chi connectivity index (χ2v) is 4.62. The Morgan fingerprint density at radius 3 is 2.50 bits per heavy atom. The summed E-state index contributed by atoms with van der Waals surface area (Å²) >= 11 is 1.00. The summed E-state index contributed by atoms with van der Waals surface area (Å²) in [5.41, 5.74) is 4.51. The zero-order chi connectivity index (χ0) is 12.3. The van der Waals surface area contributed by atoms with Gasteiger partial charge in [0.15, 0.2) is 0 Å². The lowest BCUT2D eigenvalue weighted by Gasteiger charge is -2.15. The van der Waals surface area contributed by atoms with Crippen LogP contribution in [0, 0.1) is 0 Å². The van der Waals surface area contributed by atoms with Gasteiger partial charge in [0.05, 0.1) is 6.61 Å². The minimum atomic E-state index is -1.16. The van der Waals surface area contributed by atoms with Crippen LogP contribution in [0.1, 0.15) is 0 Å². The van der Waals surface area contributed by atoms with E-state index < -0.39 is 42.4 Å². The highest BCUT2D eigenvalue weighted by Gasteiger charge is 2.42. The molecule has 0 aromatic heterocycles. The van der Waals surface area contributed by atoms with Crippen molar-refractivity contribution in [1.82, 2.24) is 0 Å². The van der Waals surface area contributed by atoms with E-state index in [-0.39, 0.29) is 5.75 Å². The van der Waals surface area contributed by atoms with E-state index in [2.05, 4.69) is 0 Å². The van der Waals surface area contributed by atoms with E-state index in [9.17, 15) is 15.0 Å². The molecule has 0 aliphatic carbocycles. The van der Waals surface area contributed by atoms with Gasteiger partial charge in [-0.1, -0.05) is 0 Å². The predicted molar refractivity (Wildman–Crippen MR) is 55.8 cm³/mol. The van der Waals surface area contributed by atoms with Crippen molar-refractivity contribution >= 4 is 17.7 Å². The molecule has 0 unspecified atom stereocenters. The van der Waals surface area contributed by atoms with Gasteiger partial charge in [0, 0.05) is 5.75 Å². The predicted octanol–water partition coefficient (Wildman–Crippen LogP) is -2.43. The Morgan fingerprint density at radius 1 is 1.44 bits per heavy atom. The van der Waals surface area contributed by atoms with Crippen LogP contribution in [0.15, 0.2) is 0 Å². The van der Waals surface area contributed by atoms with Gasteiger partial charge in [-0.2, -0.15) is 0 Å². The van der Waals surface area contributed by atoms with E-state index in [1.165, 1.54) is 0 Å². The number of ether oxygens (including phenoxy) is 1. The van der Waals surface area contributed by atoms with Crippen LogP contribution in [0.5, 0.6) is 0 Å². The molecule has 8 heteroatoms. The van der Waals surface area contributed by atoms with E-state index in [0.29, 0.717) is 0 Å². The first-order valence-electron chi connectivity index (χ1n) is 4.69. The fraction of sp³-hybridized carbons (Fsp3) is 0.875. The summed E-state index contributed by atoms with van der Waals surface area (Å²) in [6.45, 7) is -0.403. The lowest BCUT2D eigenvalue weighted by atomic mass is 10.2. The van der Waals surface area contributed by atoms with Gasteiger partial charge in [-0.3, -0.25) is 4.79 Å². The standard InChI is InChI=1S/C8H15NO6S/c9-3(7(13)14)2-16-8-6(12)5(11)4(1-10)15-8/h3-6,8,10-12H,1-2,9H2,(H,13,14)/t3-,4+,5+,6+,8-/m0/s1. The lowest BCUT2D eigenvalue weighted by Crippen LogP contribution is -2.35. The molecule has 7 nitrogen and oxygen atoms in total. The van der Waals surface area contributed by atoms with Crippen LogP contribution in [0.4, 0.5) is 0 Å². The van der Waals surface area contributed by atoms with E-state index in [1.54, 1.807) is 0 Å². The topological polar surface area (TPSA) is 133 Å². The van der Waals surface area contributed by atoms with E-state index in [0.717, 1.165) is 11.8 Å². The molecule has 16 heavy (non-hydrogen) atoms. The molecule has 1 fully saturated rings. The molecule has 94 valence electrons. The molecule has 1 rings (SSSR count). The van der Waals surface area contributed by atoms with E-state index >= 15 is 0 Å². The zero-order valence-corrected chi connectivity index (χ0v) is 9.21. The maximum absolute atomic E-state index is 10.4. The monoisotopic (exact) mass is 253 g/mol. The third kappa shape index (κ3) is 3.06. The van der Waals surface area contributed by atoms with Crippen LogP contribution in [0.25, 0.3) is 0 Å². The summed E-state index contributed by atoms with van der Waals surface area (Å²) in [5.74, 6) is -1.08. The summed E-state index contributed by atoms with van der Waals surface area (Å²) in [4.78, 5) is 10.4. The molecule has 1 aliphatic rings. The second kappa shape index (κ2) is 5.80. The quantitative estimate of drug-likeness (QED) is 0.365. The number of carbonyl (C=O) groups is 1. The Balaban J connectivity index is 2.41. The van der Waals surface area contributed by atoms with Crippen molar-refractivity contribution in [2.45, 2.75) is 29.8 Å². The number of aliphatic carboxylic acids is 1. The minimum absolute atomic E-state index is 0.0575. The van der Waals surface area contributed by atoms with Crippen molar-refractivity contribution in [3.8, 4) is 0 Å². The van der Waals surface area contributed by atoms with Gasteiger partial charge in [0.2, 0.25) is 0 Å². The molecule has 0 radical (unpaired) electrons. The number of rotatable bonds is 5. The van der Waals surface area contributed by atoms with Crippen LogP contribution in [0.3, 0.4) is 0 Å². The summed E-state index contributed by atoms with van der Waals surface area (Å²) in [6.07, 6.45) is -3.15. The number of carboxylic acid groups (broad SMARTS) is 1. The number of nitrogens with two attached hydrogens (primary N) is 1. The highest BCUT2D eigenvalue weighted by Crippen LogP contribution is 2.29. The lowest BCUT2D eigenvalue weighted by molar-refractivity contribution is -0.137. The van der Waals surface area contributed by atoms with E-state index in [4.69, 9.17) is 20.7 Å². The average molecular weight is 253 g/mol. The Bertz CT molecular complexity index is 253. The van der Waals surface area contributed by atoms with Crippen LogP contribution in [0.2, 0.25) is 0 Å². The first kappa shape index (κ1) is 13.7. The van der Waals surface area contributed by atoms with Crippen molar-refractivity contribution in [3.05, 3.63) is 0 Å². The fourth-order valence-electron chi connectivity index (χ4n) is 1.27. The summed E-state index contributed by atoms with van der Waals surface area (Å²) in [5, 5.41) is 36.3. The molecular formula is C8H15NO6S. The van der Waals surface area contributed by atoms with Crippen molar-refractivity contribution in [1.29, 1.82) is 0 Å². The smallest absolute Gasteiger partial charge is 0.321 e. The Kier molecular flexibility index (Phi) is 4.96. The molecule has 5 atom stereocenters. The van der Waals surface area contributed by atoms with Gasteiger partial charge in [-0.05, 0) is 0 Å². The summed E-state index contributed by atoms with van der Waals surface area (Å²) in [7, 11) is 0. The van der Waals surface area contributed by atoms with Gasteiger partial charge in [0.1, 0.15) is 29.8 Å². The molecule has 0 aromatic rings. The van der Waals surface area contributed by atoms with E-state index in [1.807, 2.05) is 0 Å². The van der Waals surface area contributed by atoms with Crippen molar-refractivity contribution in [2.75, 3.05) is 12.4 Å². The maximum Gasteiger partial charge on any atom is 0.321 e. The van der Waals surface area contributed by atoms with Crippen LogP contribution < -0.4 is 5.73 Å². The first-order valence-corrected chi connectivity index (χ1v) is 5.74. The minimum Gasteiger partial charge on any atom is -0.480 e. The molecule has 0 saturated carbocycles.